The Hall–Kier alpha value is -2.22. The molecule has 26 heavy (non-hydrogen) atoms. The van der Waals surface area contributed by atoms with Gasteiger partial charge in [0.2, 0.25) is 5.91 Å². The number of hydrogen-bond donors (Lipinski definition) is 1. The second-order valence-corrected chi connectivity index (χ2v) is 8.13. The van der Waals surface area contributed by atoms with Gasteiger partial charge in [0.15, 0.2) is 6.61 Å². The molecule has 0 bridgehead atoms. The van der Waals surface area contributed by atoms with E-state index in [1.807, 2.05) is 19.9 Å². The maximum absolute atomic E-state index is 12.4. The minimum absolute atomic E-state index is 0.0339. The number of fused-ring (bicyclic) bond motifs is 1. The lowest BCUT2D eigenvalue weighted by Gasteiger charge is -2.29. The minimum Gasteiger partial charge on any atom is -0.495 e. The van der Waals surface area contributed by atoms with Gasteiger partial charge in [-0.05, 0) is 38.0 Å². The van der Waals surface area contributed by atoms with Crippen LogP contribution in [0.2, 0.25) is 0 Å². The van der Waals surface area contributed by atoms with Gasteiger partial charge in [0.1, 0.15) is 11.8 Å². The standard InChI is InChI=1S/C18H22N2O5S/c1-11-4-5-14(24-3)12(8-11)19-15(21)9-25-17(23)13-10-26-18(2)7-6-16(22)20(13)18/h4-5,8,13H,6-7,9-10H2,1-3H3,(H,19,21)/t13-,18+/m0/s1. The summed E-state index contributed by atoms with van der Waals surface area (Å²) < 4.78 is 10.4. The third-order valence-corrected chi connectivity index (χ3v) is 6.20. The van der Waals surface area contributed by atoms with Gasteiger partial charge in [0.25, 0.3) is 5.91 Å². The van der Waals surface area contributed by atoms with Gasteiger partial charge in [-0.15, -0.1) is 11.8 Å². The summed E-state index contributed by atoms with van der Waals surface area (Å²) >= 11 is 1.59. The van der Waals surface area contributed by atoms with Crippen molar-refractivity contribution in [1.82, 2.24) is 4.90 Å². The van der Waals surface area contributed by atoms with Crippen molar-refractivity contribution in [3.8, 4) is 5.75 Å². The van der Waals surface area contributed by atoms with Crippen LogP contribution in [0.5, 0.6) is 5.75 Å². The van der Waals surface area contributed by atoms with Gasteiger partial charge >= 0.3 is 5.97 Å². The predicted octanol–water partition coefficient (Wildman–Crippen LogP) is 1.94. The largest absolute Gasteiger partial charge is 0.495 e. The lowest BCUT2D eigenvalue weighted by molar-refractivity contribution is -0.155. The summed E-state index contributed by atoms with van der Waals surface area (Å²) in [5, 5.41) is 2.68. The summed E-state index contributed by atoms with van der Waals surface area (Å²) in [6, 6.07) is 4.78. The van der Waals surface area contributed by atoms with Crippen LogP contribution in [0.3, 0.4) is 0 Å². The van der Waals surface area contributed by atoms with Crippen LogP contribution in [-0.4, -0.2) is 53.1 Å². The van der Waals surface area contributed by atoms with Crippen LogP contribution in [0, 0.1) is 6.92 Å². The number of aryl methyl sites for hydroxylation is 1. The van der Waals surface area contributed by atoms with E-state index in [1.54, 1.807) is 28.8 Å². The molecule has 0 saturated carbocycles. The van der Waals surface area contributed by atoms with Crippen LogP contribution in [0.1, 0.15) is 25.3 Å². The number of ether oxygens (including phenoxy) is 2. The van der Waals surface area contributed by atoms with E-state index in [0.29, 0.717) is 23.6 Å². The molecule has 2 aliphatic heterocycles. The molecule has 2 saturated heterocycles. The van der Waals surface area contributed by atoms with Crippen molar-refractivity contribution >= 4 is 35.2 Å². The number of nitrogens with zero attached hydrogens (tertiary/aromatic N) is 1. The average molecular weight is 378 g/mol. The molecule has 0 unspecified atom stereocenters. The molecule has 140 valence electrons. The van der Waals surface area contributed by atoms with Gasteiger partial charge in [-0.1, -0.05) is 6.07 Å². The Bertz CT molecular complexity index is 753. The quantitative estimate of drug-likeness (QED) is 0.788. The minimum atomic E-state index is -0.624. The summed E-state index contributed by atoms with van der Waals surface area (Å²) in [5.74, 6) is -0.00506. The molecule has 2 aliphatic rings. The molecule has 1 N–H and O–H groups in total. The SMILES string of the molecule is COc1ccc(C)cc1NC(=O)COC(=O)[C@@H]1CS[C@]2(C)CCC(=O)N12. The zero-order chi connectivity index (χ0) is 18.9. The smallest absolute Gasteiger partial charge is 0.330 e. The molecule has 3 rings (SSSR count). The van der Waals surface area contributed by atoms with E-state index in [-0.39, 0.29) is 10.8 Å². The Morgan fingerprint density at radius 2 is 2.19 bits per heavy atom. The van der Waals surface area contributed by atoms with Crippen LogP contribution in [0.25, 0.3) is 0 Å². The van der Waals surface area contributed by atoms with Gasteiger partial charge in [0.05, 0.1) is 17.7 Å². The Labute approximate surface area is 156 Å². The number of esters is 1. The highest BCUT2D eigenvalue weighted by atomic mass is 32.2. The highest BCUT2D eigenvalue weighted by Crippen LogP contribution is 2.47. The predicted molar refractivity (Wildman–Crippen MR) is 98.1 cm³/mol. The molecule has 7 nitrogen and oxygen atoms in total. The molecule has 2 amide bonds. The summed E-state index contributed by atoms with van der Waals surface area (Å²) in [7, 11) is 1.52. The van der Waals surface area contributed by atoms with Crippen molar-refractivity contribution in [3.63, 3.8) is 0 Å². The lowest BCUT2D eigenvalue weighted by Crippen LogP contribution is -2.47. The number of thioether (sulfide) groups is 1. The molecule has 0 spiro atoms. The fourth-order valence-electron chi connectivity index (χ4n) is 3.33. The number of anilines is 1. The summed E-state index contributed by atoms with van der Waals surface area (Å²) in [6.45, 7) is 3.46. The topological polar surface area (TPSA) is 84.9 Å². The molecular weight excluding hydrogens is 356 g/mol. The van der Waals surface area contributed by atoms with Crippen LogP contribution in [0.15, 0.2) is 18.2 Å². The highest BCUT2D eigenvalue weighted by Gasteiger charge is 2.53. The van der Waals surface area contributed by atoms with E-state index in [4.69, 9.17) is 9.47 Å². The molecule has 0 aromatic heterocycles. The Balaban J connectivity index is 1.57. The van der Waals surface area contributed by atoms with Gasteiger partial charge in [0, 0.05) is 12.2 Å². The van der Waals surface area contributed by atoms with Gasteiger partial charge in [-0.25, -0.2) is 4.79 Å². The number of carbonyl (C=O) groups is 3. The van der Waals surface area contributed by atoms with Gasteiger partial charge < -0.3 is 19.7 Å². The fourth-order valence-corrected chi connectivity index (χ4v) is 4.75. The van der Waals surface area contributed by atoms with Crippen molar-refractivity contribution in [2.45, 2.75) is 37.6 Å². The molecular formula is C18H22N2O5S. The van der Waals surface area contributed by atoms with Gasteiger partial charge in [-0.3, -0.25) is 9.59 Å². The number of nitrogens with one attached hydrogen (secondary N) is 1. The molecule has 1 aromatic rings. The van der Waals surface area contributed by atoms with Crippen molar-refractivity contribution in [3.05, 3.63) is 23.8 Å². The zero-order valence-electron chi connectivity index (χ0n) is 15.0. The molecule has 2 atom stereocenters. The summed E-state index contributed by atoms with van der Waals surface area (Å²) in [6.07, 6.45) is 1.18. The fraction of sp³-hybridized carbons (Fsp3) is 0.500. The van der Waals surface area contributed by atoms with E-state index in [0.717, 1.165) is 12.0 Å². The van der Waals surface area contributed by atoms with Crippen LogP contribution in [-0.2, 0) is 19.1 Å². The van der Waals surface area contributed by atoms with E-state index in [1.165, 1.54) is 7.11 Å². The lowest BCUT2D eigenvalue weighted by atomic mass is 10.2. The van der Waals surface area contributed by atoms with Crippen LogP contribution >= 0.6 is 11.8 Å². The maximum atomic E-state index is 12.4. The monoisotopic (exact) mass is 378 g/mol. The molecule has 8 heteroatoms. The number of methoxy groups -OCH3 is 1. The Kier molecular flexibility index (Phi) is 5.13. The van der Waals surface area contributed by atoms with Crippen molar-refractivity contribution in [2.24, 2.45) is 0 Å². The second-order valence-electron chi connectivity index (χ2n) is 6.63. The number of rotatable bonds is 5. The first-order valence-electron chi connectivity index (χ1n) is 8.41. The number of hydrogen-bond acceptors (Lipinski definition) is 6. The maximum Gasteiger partial charge on any atom is 0.330 e. The van der Waals surface area contributed by atoms with Gasteiger partial charge in [-0.2, -0.15) is 0 Å². The average Bonchev–Trinajstić information content (AvgIpc) is 3.09. The normalized spacial score (nSPS) is 24.3. The molecule has 0 aliphatic carbocycles. The molecule has 0 radical (unpaired) electrons. The number of carbonyl (C=O) groups excluding carboxylic acids is 3. The number of amides is 2. The summed E-state index contributed by atoms with van der Waals surface area (Å²) in [5.41, 5.74) is 1.49. The molecule has 2 heterocycles. The van der Waals surface area contributed by atoms with Crippen molar-refractivity contribution in [1.29, 1.82) is 0 Å². The first kappa shape index (κ1) is 18.6. The highest BCUT2D eigenvalue weighted by molar-refractivity contribution is 8.01. The first-order valence-corrected chi connectivity index (χ1v) is 9.40. The zero-order valence-corrected chi connectivity index (χ0v) is 15.9. The Morgan fingerprint density at radius 1 is 1.42 bits per heavy atom. The van der Waals surface area contributed by atoms with E-state index in [2.05, 4.69) is 5.32 Å². The third kappa shape index (κ3) is 3.51. The van der Waals surface area contributed by atoms with Crippen LogP contribution < -0.4 is 10.1 Å². The molecule has 2 fully saturated rings. The van der Waals surface area contributed by atoms with E-state index < -0.39 is 24.5 Å². The van der Waals surface area contributed by atoms with E-state index >= 15 is 0 Å². The Morgan fingerprint density at radius 3 is 2.92 bits per heavy atom. The van der Waals surface area contributed by atoms with Crippen molar-refractivity contribution in [2.75, 3.05) is 24.8 Å². The van der Waals surface area contributed by atoms with Crippen molar-refractivity contribution < 1.29 is 23.9 Å². The molecule has 1 aromatic carbocycles. The van der Waals surface area contributed by atoms with E-state index in [9.17, 15) is 14.4 Å². The second kappa shape index (κ2) is 7.19. The van der Waals surface area contributed by atoms with Crippen LogP contribution in [0.4, 0.5) is 5.69 Å². The summed E-state index contributed by atoms with van der Waals surface area (Å²) in [4.78, 5) is 37.9. The number of benzene rings is 1. The first-order chi connectivity index (χ1) is 12.3. The third-order valence-electron chi connectivity index (χ3n) is 4.69.